The maximum atomic E-state index is 3.33. The highest BCUT2D eigenvalue weighted by molar-refractivity contribution is 5.44. The van der Waals surface area contributed by atoms with Gasteiger partial charge in [0.15, 0.2) is 0 Å². The van der Waals surface area contributed by atoms with Crippen molar-refractivity contribution in [2.45, 2.75) is 26.8 Å². The molecule has 0 aliphatic carbocycles. The lowest BCUT2D eigenvalue weighted by Crippen LogP contribution is -2.09. The van der Waals surface area contributed by atoms with Crippen LogP contribution in [-0.4, -0.2) is 6.04 Å². The Morgan fingerprint density at radius 2 is 1.58 bits per heavy atom. The molecule has 0 fully saturated rings. The van der Waals surface area contributed by atoms with Gasteiger partial charge >= 0.3 is 0 Å². The fourth-order valence-corrected chi connectivity index (χ4v) is 0.983. The van der Waals surface area contributed by atoms with Gasteiger partial charge in [-0.25, -0.2) is 0 Å². The predicted octanol–water partition coefficient (Wildman–Crippen LogP) is 2.98. The monoisotopic (exact) mass is 166 g/mol. The minimum absolute atomic E-state index is 0. The van der Waals surface area contributed by atoms with Crippen LogP contribution in [0.4, 0.5) is 5.69 Å². The Morgan fingerprint density at radius 1 is 1.08 bits per heavy atom. The second-order valence-electron chi connectivity index (χ2n) is 3.17. The van der Waals surface area contributed by atoms with E-state index in [0.29, 0.717) is 6.04 Å². The lowest BCUT2D eigenvalue weighted by molar-refractivity contribution is 0.899. The molecule has 1 aromatic carbocycles. The molecule has 12 heavy (non-hydrogen) atoms. The normalized spacial score (nSPS) is 9.33. The third-order valence-electron chi connectivity index (χ3n) is 1.51. The fourth-order valence-electron chi connectivity index (χ4n) is 0.983. The number of rotatable bonds is 2. The van der Waals surface area contributed by atoms with Gasteiger partial charge in [0.25, 0.3) is 0 Å². The first-order chi connectivity index (χ1) is 5.18. The van der Waals surface area contributed by atoms with Crippen molar-refractivity contribution in [3.8, 4) is 0 Å². The number of benzene rings is 1. The minimum Gasteiger partial charge on any atom is -0.383 e. The number of nitrogens with one attached hydrogen (secondary N) is 1. The molecule has 0 aromatic heterocycles. The highest BCUT2D eigenvalue weighted by atomic mass is 14.9. The van der Waals surface area contributed by atoms with Gasteiger partial charge in [0.1, 0.15) is 0 Å². The average molecular weight is 166 g/mol. The molecule has 0 saturated carbocycles. The molecule has 2 heteroatoms. The van der Waals surface area contributed by atoms with E-state index in [9.17, 15) is 0 Å². The summed E-state index contributed by atoms with van der Waals surface area (Å²) in [5.74, 6) is 0. The van der Waals surface area contributed by atoms with Crippen molar-refractivity contribution in [2.75, 3.05) is 5.32 Å². The number of aryl methyl sites for hydroxylation is 1. The molecule has 1 rings (SSSR count). The van der Waals surface area contributed by atoms with Crippen LogP contribution in [0.15, 0.2) is 24.3 Å². The van der Waals surface area contributed by atoms with Gasteiger partial charge in [-0.2, -0.15) is 0 Å². The van der Waals surface area contributed by atoms with Crippen molar-refractivity contribution < 1.29 is 0 Å². The molecular weight excluding hydrogens is 148 g/mol. The van der Waals surface area contributed by atoms with Gasteiger partial charge in [0, 0.05) is 11.7 Å². The molecule has 0 unspecified atom stereocenters. The van der Waals surface area contributed by atoms with Gasteiger partial charge in [0.2, 0.25) is 0 Å². The summed E-state index contributed by atoms with van der Waals surface area (Å²) in [7, 11) is 0. The zero-order chi connectivity index (χ0) is 8.27. The van der Waals surface area contributed by atoms with Crippen LogP contribution >= 0.6 is 0 Å². The number of hydrogen-bond donors (Lipinski definition) is 2. The molecule has 2 nitrogen and oxygen atoms in total. The second kappa shape index (κ2) is 4.78. The third kappa shape index (κ3) is 3.39. The van der Waals surface area contributed by atoms with Crippen LogP contribution in [0.3, 0.4) is 0 Å². The summed E-state index contributed by atoms with van der Waals surface area (Å²) in [5.41, 5.74) is 2.50. The van der Waals surface area contributed by atoms with E-state index in [0.717, 1.165) is 0 Å². The molecule has 0 atom stereocenters. The topological polar surface area (TPSA) is 47.0 Å². The van der Waals surface area contributed by atoms with Crippen LogP contribution in [-0.2, 0) is 0 Å². The summed E-state index contributed by atoms with van der Waals surface area (Å²) in [6.07, 6.45) is 0. The molecule has 4 N–H and O–H groups in total. The van der Waals surface area contributed by atoms with E-state index >= 15 is 0 Å². The summed E-state index contributed by atoms with van der Waals surface area (Å²) >= 11 is 0. The van der Waals surface area contributed by atoms with Gasteiger partial charge in [0.05, 0.1) is 0 Å². The Bertz CT molecular complexity index is 214. The Hall–Kier alpha value is -1.02. The van der Waals surface area contributed by atoms with Gasteiger partial charge in [-0.1, -0.05) is 17.7 Å². The van der Waals surface area contributed by atoms with Crippen molar-refractivity contribution in [3.05, 3.63) is 29.8 Å². The zero-order valence-corrected chi connectivity index (χ0v) is 8.09. The predicted molar refractivity (Wildman–Crippen MR) is 55.0 cm³/mol. The van der Waals surface area contributed by atoms with E-state index in [1.165, 1.54) is 11.3 Å². The lowest BCUT2D eigenvalue weighted by Gasteiger charge is -2.09. The quantitative estimate of drug-likeness (QED) is 0.709. The highest BCUT2D eigenvalue weighted by Gasteiger charge is 1.92. The van der Waals surface area contributed by atoms with E-state index in [1.54, 1.807) is 0 Å². The maximum Gasteiger partial charge on any atom is 0.0342 e. The Morgan fingerprint density at radius 3 is 2.00 bits per heavy atom. The smallest absolute Gasteiger partial charge is 0.0342 e. The molecule has 0 bridgehead atoms. The molecule has 0 saturated heterocycles. The van der Waals surface area contributed by atoms with Crippen LogP contribution in [0.1, 0.15) is 19.4 Å². The van der Waals surface area contributed by atoms with Crippen LogP contribution in [0.2, 0.25) is 0 Å². The number of anilines is 1. The Kier molecular flexibility index (Phi) is 4.37. The maximum absolute atomic E-state index is 3.33. The van der Waals surface area contributed by atoms with Crippen LogP contribution in [0.25, 0.3) is 0 Å². The van der Waals surface area contributed by atoms with E-state index in [2.05, 4.69) is 50.4 Å². The van der Waals surface area contributed by atoms with Crippen molar-refractivity contribution in [3.63, 3.8) is 0 Å². The third-order valence-corrected chi connectivity index (χ3v) is 1.51. The van der Waals surface area contributed by atoms with E-state index in [1.807, 2.05) is 0 Å². The van der Waals surface area contributed by atoms with Crippen LogP contribution in [0.5, 0.6) is 0 Å². The van der Waals surface area contributed by atoms with E-state index in [-0.39, 0.29) is 6.15 Å². The average Bonchev–Trinajstić information content (AvgIpc) is 1.93. The van der Waals surface area contributed by atoms with E-state index < -0.39 is 0 Å². The molecular formula is C10H18N2. The van der Waals surface area contributed by atoms with Gasteiger partial charge in [-0.05, 0) is 32.9 Å². The Labute approximate surface area is 74.6 Å². The largest absolute Gasteiger partial charge is 0.383 e. The molecule has 0 aliphatic heterocycles. The molecule has 0 heterocycles. The molecule has 0 radical (unpaired) electrons. The lowest BCUT2D eigenvalue weighted by atomic mass is 10.2. The van der Waals surface area contributed by atoms with Crippen molar-refractivity contribution in [1.29, 1.82) is 0 Å². The first-order valence-corrected chi connectivity index (χ1v) is 4.01. The summed E-state index contributed by atoms with van der Waals surface area (Å²) in [5, 5.41) is 3.33. The summed E-state index contributed by atoms with van der Waals surface area (Å²) in [6, 6.07) is 8.96. The molecule has 0 spiro atoms. The number of hydrogen-bond acceptors (Lipinski definition) is 2. The van der Waals surface area contributed by atoms with Crippen LogP contribution in [0, 0.1) is 6.92 Å². The van der Waals surface area contributed by atoms with E-state index in [4.69, 9.17) is 0 Å². The SMILES string of the molecule is Cc1ccc(NC(C)C)cc1.N. The highest BCUT2D eigenvalue weighted by Crippen LogP contribution is 2.09. The Balaban J connectivity index is 0.00000121. The standard InChI is InChI=1S/C10H15N.H3N/c1-8(2)11-10-6-4-9(3)5-7-10;/h4-8,11H,1-3H3;1H3. The minimum atomic E-state index is 0. The zero-order valence-electron chi connectivity index (χ0n) is 8.09. The van der Waals surface area contributed by atoms with Gasteiger partial charge in [-0.15, -0.1) is 0 Å². The molecule has 1 aromatic rings. The van der Waals surface area contributed by atoms with Gasteiger partial charge in [-0.3, -0.25) is 0 Å². The molecule has 68 valence electrons. The first kappa shape index (κ1) is 11.0. The summed E-state index contributed by atoms with van der Waals surface area (Å²) < 4.78 is 0. The molecule has 0 amide bonds. The first-order valence-electron chi connectivity index (χ1n) is 4.01. The van der Waals surface area contributed by atoms with Gasteiger partial charge < -0.3 is 11.5 Å². The summed E-state index contributed by atoms with van der Waals surface area (Å²) in [4.78, 5) is 0. The van der Waals surface area contributed by atoms with Crippen molar-refractivity contribution >= 4 is 5.69 Å². The second-order valence-corrected chi connectivity index (χ2v) is 3.17. The summed E-state index contributed by atoms with van der Waals surface area (Å²) in [6.45, 7) is 6.37. The van der Waals surface area contributed by atoms with Crippen molar-refractivity contribution in [2.24, 2.45) is 0 Å². The fraction of sp³-hybridized carbons (Fsp3) is 0.400. The van der Waals surface area contributed by atoms with Crippen LogP contribution < -0.4 is 11.5 Å². The molecule has 0 aliphatic rings. The van der Waals surface area contributed by atoms with Crippen molar-refractivity contribution in [1.82, 2.24) is 6.15 Å².